The van der Waals surface area contributed by atoms with Crippen LogP contribution in [0.25, 0.3) is 0 Å². The summed E-state index contributed by atoms with van der Waals surface area (Å²) in [5.41, 5.74) is 0. The summed E-state index contributed by atoms with van der Waals surface area (Å²) in [6, 6.07) is 0. The first-order chi connectivity index (χ1) is 5.61. The van der Waals surface area contributed by atoms with Gasteiger partial charge in [0.15, 0.2) is 12.4 Å². The van der Waals surface area contributed by atoms with Crippen LogP contribution < -0.4 is 0 Å². The molecule has 2 atom stereocenters. The topological polar surface area (TPSA) is 44.8 Å². The Kier molecular flexibility index (Phi) is 5.66. The fourth-order valence-corrected chi connectivity index (χ4v) is 0.783. The number of esters is 1. The summed E-state index contributed by atoms with van der Waals surface area (Å²) < 4.78 is 14.7. The van der Waals surface area contributed by atoms with Gasteiger partial charge < -0.3 is 14.2 Å². The van der Waals surface area contributed by atoms with Crippen LogP contribution in [0.1, 0.15) is 20.8 Å². The van der Waals surface area contributed by atoms with Crippen molar-refractivity contribution < 1.29 is 19.0 Å². The van der Waals surface area contributed by atoms with Gasteiger partial charge in [0, 0.05) is 6.61 Å². The predicted molar refractivity (Wildman–Crippen MR) is 43.7 cm³/mol. The second kappa shape index (κ2) is 5.97. The van der Waals surface area contributed by atoms with Crippen LogP contribution in [-0.4, -0.2) is 32.1 Å². The van der Waals surface area contributed by atoms with Gasteiger partial charge in [-0.15, -0.1) is 0 Å². The third-order valence-electron chi connectivity index (χ3n) is 1.33. The van der Waals surface area contributed by atoms with Crippen LogP contribution in [0.15, 0.2) is 0 Å². The van der Waals surface area contributed by atoms with E-state index in [9.17, 15) is 4.79 Å². The molecule has 0 saturated carbocycles. The van der Waals surface area contributed by atoms with Gasteiger partial charge in [0.1, 0.15) is 0 Å². The van der Waals surface area contributed by atoms with E-state index < -0.39 is 6.10 Å². The molecule has 4 heteroatoms. The van der Waals surface area contributed by atoms with E-state index in [4.69, 9.17) is 9.47 Å². The smallest absolute Gasteiger partial charge is 0.334 e. The van der Waals surface area contributed by atoms with Crippen LogP contribution in [0.4, 0.5) is 0 Å². The maximum Gasteiger partial charge on any atom is 0.334 e. The molecule has 0 bridgehead atoms. The molecule has 0 aromatic carbocycles. The van der Waals surface area contributed by atoms with Crippen LogP contribution in [-0.2, 0) is 19.0 Å². The van der Waals surface area contributed by atoms with Gasteiger partial charge >= 0.3 is 5.97 Å². The first kappa shape index (κ1) is 11.4. The number of methoxy groups -OCH3 is 1. The van der Waals surface area contributed by atoms with Crippen molar-refractivity contribution in [1.29, 1.82) is 0 Å². The quantitative estimate of drug-likeness (QED) is 0.462. The number of carbonyl (C=O) groups excluding carboxylic acids is 1. The van der Waals surface area contributed by atoms with Crippen molar-refractivity contribution >= 4 is 5.97 Å². The van der Waals surface area contributed by atoms with Gasteiger partial charge in [-0.05, 0) is 20.8 Å². The number of hydrogen-bond donors (Lipinski definition) is 0. The molecule has 0 spiro atoms. The maximum atomic E-state index is 10.8. The molecule has 0 radical (unpaired) electrons. The predicted octanol–water partition coefficient (Wildman–Crippen LogP) is 0.947. The van der Waals surface area contributed by atoms with Crippen molar-refractivity contribution in [3.8, 4) is 0 Å². The Balaban J connectivity index is 3.67. The number of hydrogen-bond acceptors (Lipinski definition) is 4. The van der Waals surface area contributed by atoms with E-state index in [0.717, 1.165) is 0 Å². The van der Waals surface area contributed by atoms with Gasteiger partial charge in [-0.2, -0.15) is 0 Å². The lowest BCUT2D eigenvalue weighted by molar-refractivity contribution is -0.182. The van der Waals surface area contributed by atoms with E-state index >= 15 is 0 Å². The molecule has 0 aliphatic carbocycles. The summed E-state index contributed by atoms with van der Waals surface area (Å²) in [6.45, 7) is 5.79. The minimum Gasteiger partial charge on any atom is -0.467 e. The zero-order chi connectivity index (χ0) is 9.56. The van der Waals surface area contributed by atoms with Crippen LogP contribution >= 0.6 is 0 Å². The molecule has 4 nitrogen and oxygen atoms in total. The maximum absolute atomic E-state index is 10.8. The highest BCUT2D eigenvalue weighted by atomic mass is 16.7. The van der Waals surface area contributed by atoms with E-state index in [1.807, 2.05) is 6.92 Å². The SMILES string of the molecule is CCO[C@@H](C)O[C@H](C)C(=O)OC. The minimum absolute atomic E-state index is 0.371. The summed E-state index contributed by atoms with van der Waals surface area (Å²) in [5.74, 6) is -0.387. The Morgan fingerprint density at radius 1 is 1.42 bits per heavy atom. The molecular formula is C8H16O4. The molecule has 0 unspecified atom stereocenters. The molecule has 0 saturated heterocycles. The molecule has 0 aromatic rings. The Hall–Kier alpha value is -0.610. The largest absolute Gasteiger partial charge is 0.467 e. The molecule has 12 heavy (non-hydrogen) atoms. The zero-order valence-corrected chi connectivity index (χ0v) is 7.99. The van der Waals surface area contributed by atoms with E-state index in [2.05, 4.69) is 4.74 Å². The van der Waals surface area contributed by atoms with Crippen molar-refractivity contribution in [3.63, 3.8) is 0 Å². The average molecular weight is 176 g/mol. The molecule has 0 aliphatic heterocycles. The third-order valence-corrected chi connectivity index (χ3v) is 1.33. The van der Waals surface area contributed by atoms with Crippen LogP contribution in [0.5, 0.6) is 0 Å². The summed E-state index contributed by atoms with van der Waals surface area (Å²) in [4.78, 5) is 10.8. The summed E-state index contributed by atoms with van der Waals surface area (Å²) in [7, 11) is 1.33. The monoisotopic (exact) mass is 176 g/mol. The lowest BCUT2D eigenvalue weighted by Gasteiger charge is -2.16. The van der Waals surface area contributed by atoms with E-state index in [1.165, 1.54) is 7.11 Å². The first-order valence-electron chi connectivity index (χ1n) is 3.96. The number of carbonyl (C=O) groups is 1. The molecular weight excluding hydrogens is 160 g/mol. The summed E-state index contributed by atoms with van der Waals surface area (Å²) >= 11 is 0. The second-order valence-electron chi connectivity index (χ2n) is 2.32. The fourth-order valence-electron chi connectivity index (χ4n) is 0.783. The van der Waals surface area contributed by atoms with Crippen molar-refractivity contribution in [2.24, 2.45) is 0 Å². The van der Waals surface area contributed by atoms with Crippen molar-refractivity contribution in [2.45, 2.75) is 33.2 Å². The summed E-state index contributed by atoms with van der Waals surface area (Å²) in [6.07, 6.45) is -0.944. The van der Waals surface area contributed by atoms with Crippen molar-refractivity contribution in [3.05, 3.63) is 0 Å². The van der Waals surface area contributed by atoms with Gasteiger partial charge in [-0.25, -0.2) is 4.79 Å². The fraction of sp³-hybridized carbons (Fsp3) is 0.875. The van der Waals surface area contributed by atoms with Crippen molar-refractivity contribution in [2.75, 3.05) is 13.7 Å². The zero-order valence-electron chi connectivity index (χ0n) is 7.99. The van der Waals surface area contributed by atoms with Gasteiger partial charge in [0.25, 0.3) is 0 Å². The van der Waals surface area contributed by atoms with E-state index in [-0.39, 0.29) is 12.3 Å². The minimum atomic E-state index is -0.573. The molecule has 0 rings (SSSR count). The van der Waals surface area contributed by atoms with E-state index in [0.29, 0.717) is 6.61 Å². The van der Waals surface area contributed by atoms with Gasteiger partial charge in [0.2, 0.25) is 0 Å². The molecule has 0 amide bonds. The lowest BCUT2D eigenvalue weighted by atomic mass is 10.4. The van der Waals surface area contributed by atoms with E-state index in [1.54, 1.807) is 13.8 Å². The highest BCUT2D eigenvalue weighted by Crippen LogP contribution is 2.00. The summed E-state index contributed by atoms with van der Waals surface area (Å²) in [5, 5.41) is 0. The molecule has 0 N–H and O–H groups in total. The number of ether oxygens (including phenoxy) is 3. The van der Waals surface area contributed by atoms with Gasteiger partial charge in [-0.3, -0.25) is 0 Å². The van der Waals surface area contributed by atoms with Crippen LogP contribution in [0, 0.1) is 0 Å². The Bertz CT molecular complexity index is 135. The number of rotatable bonds is 5. The highest BCUT2D eigenvalue weighted by Gasteiger charge is 2.16. The van der Waals surface area contributed by atoms with Gasteiger partial charge in [0.05, 0.1) is 7.11 Å². The normalized spacial score (nSPS) is 15.3. The Labute approximate surface area is 72.8 Å². The standard InChI is InChI=1S/C8H16O4/c1-5-11-7(3)12-6(2)8(9)10-4/h6-7H,5H2,1-4H3/t6-,7-/m1/s1. The highest BCUT2D eigenvalue weighted by molar-refractivity contribution is 5.73. The Morgan fingerprint density at radius 3 is 2.42 bits per heavy atom. The second-order valence-corrected chi connectivity index (χ2v) is 2.32. The van der Waals surface area contributed by atoms with Crippen LogP contribution in [0.3, 0.4) is 0 Å². The van der Waals surface area contributed by atoms with Crippen molar-refractivity contribution in [1.82, 2.24) is 0 Å². The molecule has 0 heterocycles. The first-order valence-corrected chi connectivity index (χ1v) is 3.96. The van der Waals surface area contributed by atoms with Gasteiger partial charge in [-0.1, -0.05) is 0 Å². The molecule has 0 aliphatic rings. The molecule has 0 fully saturated rings. The average Bonchev–Trinajstić information content (AvgIpc) is 2.03. The lowest BCUT2D eigenvalue weighted by Crippen LogP contribution is -2.27. The van der Waals surface area contributed by atoms with Crippen LogP contribution in [0.2, 0.25) is 0 Å². The third kappa shape index (κ3) is 4.31. The molecule has 72 valence electrons. The Morgan fingerprint density at radius 2 is 2.00 bits per heavy atom. The molecule has 0 aromatic heterocycles.